The Labute approximate surface area is 212 Å². The maximum Gasteiger partial charge on any atom is 0.128 e. The maximum absolute atomic E-state index is 11.2. The lowest BCUT2D eigenvalue weighted by atomic mass is 10.0. The summed E-state index contributed by atoms with van der Waals surface area (Å²) in [6.07, 6.45) is 3.81. The molecule has 0 bridgehead atoms. The molecule has 5 rings (SSSR count). The summed E-state index contributed by atoms with van der Waals surface area (Å²) in [5.74, 6) is 0.974. The van der Waals surface area contributed by atoms with E-state index >= 15 is 0 Å². The fourth-order valence-electron chi connectivity index (χ4n) is 5.25. The largest absolute Gasteiger partial charge is 0.394 e. The Morgan fingerprint density at radius 2 is 1.42 bits per heavy atom. The quantitative estimate of drug-likeness (QED) is 0.458. The molecule has 0 aromatic carbocycles. The Morgan fingerprint density at radius 1 is 0.806 bits per heavy atom. The molecule has 3 aromatic heterocycles. The van der Waals surface area contributed by atoms with Gasteiger partial charge in [-0.2, -0.15) is 0 Å². The van der Waals surface area contributed by atoms with Gasteiger partial charge < -0.3 is 19.8 Å². The maximum atomic E-state index is 11.2. The summed E-state index contributed by atoms with van der Waals surface area (Å²) in [7, 11) is 0. The first-order valence-electron chi connectivity index (χ1n) is 12.6. The SMILES string of the molecule is OCC1OC(CN(Cc2ccccn2)Cc2ccccn2)C(N2CCN(c3ccccn3)CC2)C1O. The third-order valence-corrected chi connectivity index (χ3v) is 7.01. The highest BCUT2D eigenvalue weighted by Crippen LogP contribution is 2.29. The predicted molar refractivity (Wildman–Crippen MR) is 136 cm³/mol. The Morgan fingerprint density at radius 3 is 1.94 bits per heavy atom. The van der Waals surface area contributed by atoms with E-state index in [1.165, 1.54) is 0 Å². The topological polar surface area (TPSA) is 98.1 Å². The zero-order valence-electron chi connectivity index (χ0n) is 20.4. The van der Waals surface area contributed by atoms with Crippen LogP contribution < -0.4 is 4.90 Å². The van der Waals surface area contributed by atoms with E-state index in [-0.39, 0.29) is 18.8 Å². The van der Waals surface area contributed by atoms with Gasteiger partial charge in [-0.3, -0.25) is 19.8 Å². The molecular formula is C27H34N6O3. The number of aromatic nitrogens is 3. The minimum atomic E-state index is -0.757. The number of pyridine rings is 3. The molecular weight excluding hydrogens is 456 g/mol. The zero-order valence-corrected chi connectivity index (χ0v) is 20.4. The van der Waals surface area contributed by atoms with Crippen LogP contribution in [0.1, 0.15) is 11.4 Å². The van der Waals surface area contributed by atoms with E-state index in [1.807, 2.05) is 60.8 Å². The minimum Gasteiger partial charge on any atom is -0.394 e. The number of hydrogen-bond acceptors (Lipinski definition) is 9. The van der Waals surface area contributed by atoms with Crippen LogP contribution in [0.4, 0.5) is 5.82 Å². The van der Waals surface area contributed by atoms with Crippen LogP contribution in [-0.2, 0) is 17.8 Å². The summed E-state index contributed by atoms with van der Waals surface area (Å²) in [4.78, 5) is 20.3. The summed E-state index contributed by atoms with van der Waals surface area (Å²) in [6, 6.07) is 17.6. The molecule has 2 fully saturated rings. The third kappa shape index (κ3) is 5.88. The van der Waals surface area contributed by atoms with Gasteiger partial charge in [0.1, 0.15) is 18.0 Å². The monoisotopic (exact) mass is 490 g/mol. The second kappa shape index (κ2) is 11.9. The summed E-state index contributed by atoms with van der Waals surface area (Å²) in [5, 5.41) is 21.1. The molecule has 5 heterocycles. The second-order valence-electron chi connectivity index (χ2n) is 9.40. The number of piperazine rings is 1. The van der Waals surface area contributed by atoms with Crippen molar-refractivity contribution in [3.8, 4) is 0 Å². The van der Waals surface area contributed by atoms with E-state index in [0.717, 1.165) is 43.4 Å². The van der Waals surface area contributed by atoms with Crippen molar-refractivity contribution in [2.75, 3.05) is 44.2 Å². The van der Waals surface area contributed by atoms with Gasteiger partial charge in [0.15, 0.2) is 0 Å². The van der Waals surface area contributed by atoms with Gasteiger partial charge in [0.05, 0.1) is 30.1 Å². The highest BCUT2D eigenvalue weighted by atomic mass is 16.5. The van der Waals surface area contributed by atoms with Crippen molar-refractivity contribution in [1.29, 1.82) is 0 Å². The standard InChI is InChI=1S/C27H34N6O3/c34-20-24-27(35)26(33-15-13-32(14-16-33)25-9-3-6-12-30-25)23(36-24)19-31(17-21-7-1-4-10-28-21)18-22-8-2-5-11-29-22/h1-12,23-24,26-27,34-35H,13-20H2. The van der Waals surface area contributed by atoms with Crippen LogP contribution in [0, 0.1) is 0 Å². The molecule has 9 heteroatoms. The molecule has 36 heavy (non-hydrogen) atoms. The van der Waals surface area contributed by atoms with Crippen molar-refractivity contribution in [3.05, 3.63) is 84.6 Å². The summed E-state index contributed by atoms with van der Waals surface area (Å²) >= 11 is 0. The van der Waals surface area contributed by atoms with E-state index in [2.05, 4.69) is 29.7 Å². The van der Waals surface area contributed by atoms with E-state index in [0.29, 0.717) is 19.6 Å². The number of nitrogens with zero attached hydrogens (tertiary/aromatic N) is 6. The molecule has 0 amide bonds. The average Bonchev–Trinajstić information content (AvgIpc) is 3.25. The molecule has 190 valence electrons. The number of aliphatic hydroxyl groups is 2. The number of hydrogen-bond donors (Lipinski definition) is 2. The summed E-state index contributed by atoms with van der Waals surface area (Å²) in [6.45, 7) is 4.88. The molecule has 9 nitrogen and oxygen atoms in total. The van der Waals surface area contributed by atoms with Gasteiger partial charge in [0.2, 0.25) is 0 Å². The van der Waals surface area contributed by atoms with Gasteiger partial charge in [0.25, 0.3) is 0 Å². The van der Waals surface area contributed by atoms with Crippen LogP contribution >= 0.6 is 0 Å². The number of anilines is 1. The predicted octanol–water partition coefficient (Wildman–Crippen LogP) is 1.19. The Kier molecular flexibility index (Phi) is 8.15. The van der Waals surface area contributed by atoms with Gasteiger partial charge in [-0.05, 0) is 36.4 Å². The molecule has 2 aliphatic rings. The molecule has 2 N–H and O–H groups in total. The van der Waals surface area contributed by atoms with E-state index in [9.17, 15) is 10.2 Å². The van der Waals surface area contributed by atoms with Gasteiger partial charge in [-0.15, -0.1) is 0 Å². The van der Waals surface area contributed by atoms with Crippen LogP contribution in [0.2, 0.25) is 0 Å². The number of rotatable bonds is 9. The molecule has 2 saturated heterocycles. The average molecular weight is 491 g/mol. The van der Waals surface area contributed by atoms with Crippen LogP contribution in [0.3, 0.4) is 0 Å². The summed E-state index contributed by atoms with van der Waals surface area (Å²) < 4.78 is 6.26. The van der Waals surface area contributed by atoms with Gasteiger partial charge in [-0.25, -0.2) is 4.98 Å². The van der Waals surface area contributed by atoms with E-state index < -0.39 is 12.2 Å². The first-order chi connectivity index (χ1) is 17.7. The van der Waals surface area contributed by atoms with Crippen molar-refractivity contribution in [2.24, 2.45) is 0 Å². The van der Waals surface area contributed by atoms with Gasteiger partial charge in [-0.1, -0.05) is 18.2 Å². The van der Waals surface area contributed by atoms with Crippen molar-refractivity contribution in [1.82, 2.24) is 24.8 Å². The first-order valence-corrected chi connectivity index (χ1v) is 12.6. The molecule has 2 aliphatic heterocycles. The lowest BCUT2D eigenvalue weighted by Crippen LogP contribution is -2.57. The third-order valence-electron chi connectivity index (χ3n) is 7.01. The Hall–Kier alpha value is -2.95. The molecule has 0 saturated carbocycles. The van der Waals surface area contributed by atoms with Crippen molar-refractivity contribution >= 4 is 5.82 Å². The van der Waals surface area contributed by atoms with E-state index in [4.69, 9.17) is 4.74 Å². The molecule has 4 unspecified atom stereocenters. The van der Waals surface area contributed by atoms with Crippen molar-refractivity contribution in [3.63, 3.8) is 0 Å². The number of aliphatic hydroxyl groups excluding tert-OH is 2. The summed E-state index contributed by atoms with van der Waals surface area (Å²) in [5.41, 5.74) is 1.93. The fourth-order valence-corrected chi connectivity index (χ4v) is 5.25. The highest BCUT2D eigenvalue weighted by Gasteiger charge is 2.47. The molecule has 4 atom stereocenters. The molecule has 0 aliphatic carbocycles. The van der Waals surface area contributed by atoms with Crippen molar-refractivity contribution in [2.45, 2.75) is 37.4 Å². The van der Waals surface area contributed by atoms with Gasteiger partial charge in [0, 0.05) is 64.4 Å². The lowest BCUT2D eigenvalue weighted by molar-refractivity contribution is -0.0327. The van der Waals surface area contributed by atoms with Crippen LogP contribution in [0.15, 0.2) is 73.2 Å². The molecule has 3 aromatic rings. The molecule has 0 spiro atoms. The van der Waals surface area contributed by atoms with Crippen LogP contribution in [0.5, 0.6) is 0 Å². The minimum absolute atomic E-state index is 0.206. The zero-order chi connectivity index (χ0) is 24.7. The Bertz CT molecular complexity index is 1010. The fraction of sp³-hybridized carbons (Fsp3) is 0.444. The second-order valence-corrected chi connectivity index (χ2v) is 9.40. The highest BCUT2D eigenvalue weighted by molar-refractivity contribution is 5.38. The molecule has 0 radical (unpaired) electrons. The first kappa shape index (κ1) is 24.7. The van der Waals surface area contributed by atoms with Crippen LogP contribution in [-0.4, -0.2) is 98.6 Å². The van der Waals surface area contributed by atoms with Crippen LogP contribution in [0.25, 0.3) is 0 Å². The lowest BCUT2D eigenvalue weighted by Gasteiger charge is -2.41. The normalized spacial score (nSPS) is 24.9. The smallest absolute Gasteiger partial charge is 0.128 e. The Balaban J connectivity index is 1.31. The van der Waals surface area contributed by atoms with Gasteiger partial charge >= 0.3 is 0 Å². The van der Waals surface area contributed by atoms with Crippen molar-refractivity contribution < 1.29 is 14.9 Å². The number of ether oxygens (including phenoxy) is 1. The van der Waals surface area contributed by atoms with E-state index in [1.54, 1.807) is 12.4 Å².